The van der Waals surface area contributed by atoms with Crippen molar-refractivity contribution in [2.75, 3.05) is 20.2 Å². The fourth-order valence-electron chi connectivity index (χ4n) is 1.77. The van der Waals surface area contributed by atoms with E-state index in [0.717, 1.165) is 24.3 Å². The first-order valence-electron chi connectivity index (χ1n) is 6.53. The quantitative estimate of drug-likeness (QED) is 0.708. The van der Waals surface area contributed by atoms with E-state index in [-0.39, 0.29) is 0 Å². The molecule has 1 aromatic rings. The largest absolute Gasteiger partial charge is 0.496 e. The highest BCUT2D eigenvalue weighted by atomic mass is 16.5. The summed E-state index contributed by atoms with van der Waals surface area (Å²) in [5.41, 5.74) is 0.493. The van der Waals surface area contributed by atoms with E-state index in [1.165, 1.54) is 0 Å². The lowest BCUT2D eigenvalue weighted by Crippen LogP contribution is -2.29. The van der Waals surface area contributed by atoms with E-state index in [2.05, 4.69) is 5.32 Å². The Kier molecular flexibility index (Phi) is 5.83. The van der Waals surface area contributed by atoms with Gasteiger partial charge >= 0.3 is 5.97 Å². The fourth-order valence-corrected chi connectivity index (χ4v) is 1.77. The van der Waals surface area contributed by atoms with Crippen LogP contribution in [0.1, 0.15) is 25.8 Å². The number of carboxylic acids is 1. The molecule has 0 aliphatic heterocycles. The molecule has 0 spiro atoms. The van der Waals surface area contributed by atoms with Crippen LogP contribution in [0.25, 0.3) is 0 Å². The van der Waals surface area contributed by atoms with Crippen molar-refractivity contribution in [2.45, 2.75) is 26.7 Å². The topological polar surface area (TPSA) is 58.6 Å². The van der Waals surface area contributed by atoms with Crippen molar-refractivity contribution in [3.8, 4) is 5.75 Å². The van der Waals surface area contributed by atoms with Crippen LogP contribution in [0.3, 0.4) is 0 Å². The Labute approximate surface area is 114 Å². The molecule has 0 bridgehead atoms. The number of hydrogen-bond donors (Lipinski definition) is 2. The van der Waals surface area contributed by atoms with Crippen LogP contribution in [-0.4, -0.2) is 31.3 Å². The third-order valence-corrected chi connectivity index (χ3v) is 3.27. The number of benzene rings is 1. The van der Waals surface area contributed by atoms with E-state index in [9.17, 15) is 4.79 Å². The number of rotatable bonds is 8. The molecule has 19 heavy (non-hydrogen) atoms. The van der Waals surface area contributed by atoms with Gasteiger partial charge in [-0.2, -0.15) is 0 Å². The molecular formula is C15H23NO3. The molecule has 0 saturated heterocycles. The van der Waals surface area contributed by atoms with Gasteiger partial charge in [0.15, 0.2) is 0 Å². The average Bonchev–Trinajstić information content (AvgIpc) is 2.38. The highest BCUT2D eigenvalue weighted by Crippen LogP contribution is 2.19. The van der Waals surface area contributed by atoms with Crippen molar-refractivity contribution >= 4 is 5.97 Å². The van der Waals surface area contributed by atoms with Crippen LogP contribution in [0.2, 0.25) is 0 Å². The number of ether oxygens (including phenoxy) is 1. The average molecular weight is 265 g/mol. The normalized spacial score (nSPS) is 11.3. The third-order valence-electron chi connectivity index (χ3n) is 3.27. The molecule has 0 fully saturated rings. The third kappa shape index (κ3) is 4.91. The van der Waals surface area contributed by atoms with Crippen LogP contribution in [-0.2, 0) is 11.2 Å². The second-order valence-corrected chi connectivity index (χ2v) is 5.25. The van der Waals surface area contributed by atoms with E-state index in [1.807, 2.05) is 24.3 Å². The minimum absolute atomic E-state index is 0.619. The van der Waals surface area contributed by atoms with Gasteiger partial charge in [-0.05, 0) is 51.4 Å². The summed E-state index contributed by atoms with van der Waals surface area (Å²) in [6.45, 7) is 5.01. The molecule has 0 heterocycles. The van der Waals surface area contributed by atoms with Crippen molar-refractivity contribution in [1.29, 1.82) is 0 Å². The molecule has 0 unspecified atom stereocenters. The van der Waals surface area contributed by atoms with Gasteiger partial charge < -0.3 is 15.2 Å². The summed E-state index contributed by atoms with van der Waals surface area (Å²) in [4.78, 5) is 10.9. The summed E-state index contributed by atoms with van der Waals surface area (Å²) in [6.07, 6.45) is 1.49. The van der Waals surface area contributed by atoms with Crippen molar-refractivity contribution < 1.29 is 14.6 Å². The maximum atomic E-state index is 10.9. The Balaban J connectivity index is 2.30. The molecule has 1 aromatic carbocycles. The summed E-state index contributed by atoms with van der Waals surface area (Å²) in [5, 5.41) is 12.3. The molecule has 4 nitrogen and oxygen atoms in total. The van der Waals surface area contributed by atoms with Crippen molar-refractivity contribution in [3.63, 3.8) is 0 Å². The zero-order valence-corrected chi connectivity index (χ0v) is 11.9. The van der Waals surface area contributed by atoms with E-state index >= 15 is 0 Å². The zero-order valence-electron chi connectivity index (χ0n) is 11.9. The monoisotopic (exact) mass is 265 g/mol. The molecule has 1 rings (SSSR count). The first-order chi connectivity index (χ1) is 8.97. The second kappa shape index (κ2) is 7.14. The molecule has 0 aliphatic carbocycles. The van der Waals surface area contributed by atoms with Gasteiger partial charge in [0.2, 0.25) is 0 Å². The summed E-state index contributed by atoms with van der Waals surface area (Å²) in [6, 6.07) is 7.93. The molecule has 106 valence electrons. The molecule has 0 saturated carbocycles. The minimum atomic E-state index is -0.751. The second-order valence-electron chi connectivity index (χ2n) is 5.25. The standard InChI is InChI=1S/C15H23NO3/c1-15(2,14(17)18)9-11-16-10-8-12-6-4-5-7-13(12)19-3/h4-7,16H,8-11H2,1-3H3,(H,17,18). The van der Waals surface area contributed by atoms with Crippen molar-refractivity contribution in [1.82, 2.24) is 5.32 Å². The van der Waals surface area contributed by atoms with Gasteiger partial charge in [0.25, 0.3) is 0 Å². The molecule has 2 N–H and O–H groups in total. The predicted molar refractivity (Wildman–Crippen MR) is 75.6 cm³/mol. The van der Waals surface area contributed by atoms with Crippen LogP contribution < -0.4 is 10.1 Å². The van der Waals surface area contributed by atoms with Gasteiger partial charge in [0, 0.05) is 0 Å². The molecular weight excluding hydrogens is 242 g/mol. The van der Waals surface area contributed by atoms with Crippen LogP contribution in [0, 0.1) is 5.41 Å². The number of carboxylic acid groups (broad SMARTS) is 1. The van der Waals surface area contributed by atoms with Crippen LogP contribution in [0.5, 0.6) is 5.75 Å². The van der Waals surface area contributed by atoms with E-state index < -0.39 is 11.4 Å². The molecule has 0 atom stereocenters. The van der Waals surface area contributed by atoms with Crippen LogP contribution in [0.15, 0.2) is 24.3 Å². The Morgan fingerprint density at radius 3 is 2.63 bits per heavy atom. The van der Waals surface area contributed by atoms with Gasteiger partial charge in [-0.1, -0.05) is 18.2 Å². The first kappa shape index (κ1) is 15.5. The molecule has 0 aliphatic rings. The lowest BCUT2D eigenvalue weighted by atomic mass is 9.90. The van der Waals surface area contributed by atoms with Crippen LogP contribution in [0.4, 0.5) is 0 Å². The van der Waals surface area contributed by atoms with Gasteiger partial charge in [0.05, 0.1) is 12.5 Å². The molecule has 0 amide bonds. The fraction of sp³-hybridized carbons (Fsp3) is 0.533. The molecule has 4 heteroatoms. The number of hydrogen-bond acceptors (Lipinski definition) is 3. The van der Waals surface area contributed by atoms with Crippen molar-refractivity contribution in [2.24, 2.45) is 5.41 Å². The summed E-state index contributed by atoms with van der Waals surface area (Å²) in [7, 11) is 1.67. The SMILES string of the molecule is COc1ccccc1CCNCCC(C)(C)C(=O)O. The summed E-state index contributed by atoms with van der Waals surface area (Å²) in [5.74, 6) is 0.147. The Bertz CT molecular complexity index is 416. The van der Waals surface area contributed by atoms with Gasteiger partial charge in [0.1, 0.15) is 5.75 Å². The molecule has 0 aromatic heterocycles. The lowest BCUT2D eigenvalue weighted by Gasteiger charge is -2.19. The highest BCUT2D eigenvalue weighted by molar-refractivity contribution is 5.73. The van der Waals surface area contributed by atoms with Crippen molar-refractivity contribution in [3.05, 3.63) is 29.8 Å². The Morgan fingerprint density at radius 1 is 1.32 bits per heavy atom. The highest BCUT2D eigenvalue weighted by Gasteiger charge is 2.25. The number of carbonyl (C=O) groups is 1. The van der Waals surface area contributed by atoms with Gasteiger partial charge in [-0.25, -0.2) is 0 Å². The Morgan fingerprint density at radius 2 is 2.00 bits per heavy atom. The smallest absolute Gasteiger partial charge is 0.309 e. The number of para-hydroxylation sites is 1. The minimum Gasteiger partial charge on any atom is -0.496 e. The van der Waals surface area contributed by atoms with E-state index in [0.29, 0.717) is 13.0 Å². The number of aliphatic carboxylic acids is 1. The van der Waals surface area contributed by atoms with E-state index in [4.69, 9.17) is 9.84 Å². The zero-order chi connectivity index (χ0) is 14.3. The van der Waals surface area contributed by atoms with Gasteiger partial charge in [-0.3, -0.25) is 4.79 Å². The Hall–Kier alpha value is -1.55. The summed E-state index contributed by atoms with van der Waals surface area (Å²) < 4.78 is 5.28. The maximum absolute atomic E-state index is 10.9. The number of methoxy groups -OCH3 is 1. The van der Waals surface area contributed by atoms with Gasteiger partial charge in [-0.15, -0.1) is 0 Å². The van der Waals surface area contributed by atoms with Crippen LogP contribution >= 0.6 is 0 Å². The number of nitrogens with one attached hydrogen (secondary N) is 1. The first-order valence-corrected chi connectivity index (χ1v) is 6.53. The van der Waals surface area contributed by atoms with E-state index in [1.54, 1.807) is 21.0 Å². The lowest BCUT2D eigenvalue weighted by molar-refractivity contribution is -0.147. The predicted octanol–water partition coefficient (Wildman–Crippen LogP) is 2.33. The molecule has 0 radical (unpaired) electrons. The summed E-state index contributed by atoms with van der Waals surface area (Å²) >= 11 is 0. The maximum Gasteiger partial charge on any atom is 0.309 e.